The summed E-state index contributed by atoms with van der Waals surface area (Å²) in [5.74, 6) is 5.74. The van der Waals surface area contributed by atoms with E-state index in [9.17, 15) is 4.79 Å². The van der Waals surface area contributed by atoms with Gasteiger partial charge in [0.25, 0.3) is 0 Å². The van der Waals surface area contributed by atoms with Crippen LogP contribution in [0.2, 0.25) is 0 Å². The van der Waals surface area contributed by atoms with Crippen LogP contribution in [-0.2, 0) is 9.63 Å². The zero-order valence-corrected chi connectivity index (χ0v) is 7.74. The van der Waals surface area contributed by atoms with E-state index in [1.54, 1.807) is 0 Å². The Labute approximate surface area is 78.0 Å². The van der Waals surface area contributed by atoms with Gasteiger partial charge in [-0.05, 0) is 25.7 Å². The van der Waals surface area contributed by atoms with Crippen LogP contribution >= 0.6 is 0 Å². The van der Waals surface area contributed by atoms with Crippen molar-refractivity contribution < 1.29 is 9.63 Å². The van der Waals surface area contributed by atoms with E-state index >= 15 is 0 Å². The lowest BCUT2D eigenvalue weighted by atomic mass is 10.1. The zero-order chi connectivity index (χ0) is 9.26. The Morgan fingerprint density at radius 3 is 2.77 bits per heavy atom. The molecule has 1 atom stereocenters. The Morgan fingerprint density at radius 2 is 2.15 bits per heavy atom. The van der Waals surface area contributed by atoms with Gasteiger partial charge in [-0.15, -0.1) is 0 Å². The van der Waals surface area contributed by atoms with Crippen molar-refractivity contribution >= 4 is 5.91 Å². The Hall–Kier alpha value is -0.610. The van der Waals surface area contributed by atoms with Crippen LogP contribution in [-0.4, -0.2) is 30.0 Å². The minimum absolute atomic E-state index is 0.0523. The minimum atomic E-state index is 0.0523. The number of carbonyl (C=O) groups excluding carboxylic acids is 1. The van der Waals surface area contributed by atoms with Gasteiger partial charge in [0.15, 0.2) is 0 Å². The quantitative estimate of drug-likeness (QED) is 0.627. The van der Waals surface area contributed by atoms with Crippen molar-refractivity contribution in [3.05, 3.63) is 0 Å². The highest BCUT2D eigenvalue weighted by molar-refractivity contribution is 5.81. The van der Waals surface area contributed by atoms with Gasteiger partial charge in [-0.3, -0.25) is 9.63 Å². The molecule has 1 unspecified atom stereocenters. The first-order valence-corrected chi connectivity index (χ1v) is 4.95. The van der Waals surface area contributed by atoms with Gasteiger partial charge < -0.3 is 4.90 Å². The molecular weight excluding hydrogens is 168 g/mol. The first kappa shape index (κ1) is 8.97. The zero-order valence-electron chi connectivity index (χ0n) is 7.74. The van der Waals surface area contributed by atoms with Gasteiger partial charge in [-0.1, -0.05) is 0 Å². The Kier molecular flexibility index (Phi) is 2.51. The molecule has 2 fully saturated rings. The Bertz CT molecular complexity index is 204. The maximum Gasteiger partial charge on any atom is 0.225 e. The highest BCUT2D eigenvalue weighted by atomic mass is 16.6. The lowest BCUT2D eigenvalue weighted by Gasteiger charge is -2.31. The predicted octanol–water partition coefficient (Wildman–Crippen LogP) is 0.278. The van der Waals surface area contributed by atoms with E-state index in [1.807, 2.05) is 4.90 Å². The van der Waals surface area contributed by atoms with Crippen LogP contribution in [0.15, 0.2) is 0 Å². The third kappa shape index (κ3) is 2.00. The standard InChI is InChI=1S/C9H16N2O2/c10-13-8-2-1-5-11(6-8)9(12)7-3-4-7/h7-8H,1-6,10H2. The largest absolute Gasteiger partial charge is 0.340 e. The topological polar surface area (TPSA) is 55.6 Å². The molecule has 0 bridgehead atoms. The average molecular weight is 184 g/mol. The molecule has 4 heteroatoms. The predicted molar refractivity (Wildman–Crippen MR) is 47.6 cm³/mol. The van der Waals surface area contributed by atoms with E-state index in [-0.39, 0.29) is 6.10 Å². The van der Waals surface area contributed by atoms with Gasteiger partial charge in [0.1, 0.15) is 0 Å². The van der Waals surface area contributed by atoms with Gasteiger partial charge in [-0.25, -0.2) is 5.90 Å². The van der Waals surface area contributed by atoms with Crippen LogP contribution in [0, 0.1) is 5.92 Å². The average Bonchev–Trinajstić information content (AvgIpc) is 3.00. The molecule has 0 spiro atoms. The number of piperidine rings is 1. The number of nitrogens with zero attached hydrogens (tertiary/aromatic N) is 1. The molecule has 1 amide bonds. The van der Waals surface area contributed by atoms with E-state index in [0.29, 0.717) is 18.4 Å². The molecule has 1 saturated carbocycles. The van der Waals surface area contributed by atoms with Crippen LogP contribution in [0.25, 0.3) is 0 Å². The lowest BCUT2D eigenvalue weighted by Crippen LogP contribution is -2.44. The summed E-state index contributed by atoms with van der Waals surface area (Å²) in [4.78, 5) is 18.3. The van der Waals surface area contributed by atoms with Gasteiger partial charge >= 0.3 is 0 Å². The highest BCUT2D eigenvalue weighted by Crippen LogP contribution is 2.31. The second-order valence-electron chi connectivity index (χ2n) is 3.96. The number of hydrogen-bond donors (Lipinski definition) is 1. The second kappa shape index (κ2) is 3.64. The van der Waals surface area contributed by atoms with E-state index in [4.69, 9.17) is 10.7 Å². The van der Waals surface area contributed by atoms with Gasteiger partial charge in [0.2, 0.25) is 5.91 Å². The fraction of sp³-hybridized carbons (Fsp3) is 0.889. The van der Waals surface area contributed by atoms with Crippen LogP contribution < -0.4 is 5.90 Å². The summed E-state index contributed by atoms with van der Waals surface area (Å²) >= 11 is 0. The van der Waals surface area contributed by atoms with E-state index in [0.717, 1.165) is 32.2 Å². The molecule has 0 aromatic heterocycles. The number of amides is 1. The fourth-order valence-electron chi connectivity index (χ4n) is 1.84. The SMILES string of the molecule is NOC1CCCN(C(=O)C2CC2)C1. The monoisotopic (exact) mass is 184 g/mol. The Morgan fingerprint density at radius 1 is 1.38 bits per heavy atom. The van der Waals surface area contributed by atoms with E-state index in [1.165, 1.54) is 0 Å². The summed E-state index contributed by atoms with van der Waals surface area (Å²) in [6, 6.07) is 0. The molecule has 2 rings (SSSR count). The van der Waals surface area contributed by atoms with Crippen molar-refractivity contribution in [3.8, 4) is 0 Å². The maximum atomic E-state index is 11.7. The van der Waals surface area contributed by atoms with Crippen LogP contribution in [0.5, 0.6) is 0 Å². The first-order chi connectivity index (χ1) is 6.31. The second-order valence-corrected chi connectivity index (χ2v) is 3.96. The van der Waals surface area contributed by atoms with Gasteiger partial charge in [0, 0.05) is 19.0 Å². The molecule has 0 radical (unpaired) electrons. The summed E-state index contributed by atoms with van der Waals surface area (Å²) in [7, 11) is 0. The lowest BCUT2D eigenvalue weighted by molar-refractivity contribution is -0.136. The fourth-order valence-corrected chi connectivity index (χ4v) is 1.84. The third-order valence-electron chi connectivity index (χ3n) is 2.81. The molecule has 2 aliphatic rings. The normalized spacial score (nSPS) is 29.0. The molecule has 4 nitrogen and oxygen atoms in total. The minimum Gasteiger partial charge on any atom is -0.340 e. The summed E-state index contributed by atoms with van der Waals surface area (Å²) in [5, 5.41) is 0. The number of likely N-dealkylation sites (tertiary alicyclic amines) is 1. The van der Waals surface area contributed by atoms with Crippen molar-refractivity contribution in [2.24, 2.45) is 11.8 Å². The van der Waals surface area contributed by atoms with Crippen LogP contribution in [0.1, 0.15) is 25.7 Å². The van der Waals surface area contributed by atoms with Crippen LogP contribution in [0.3, 0.4) is 0 Å². The summed E-state index contributed by atoms with van der Waals surface area (Å²) < 4.78 is 0. The van der Waals surface area contributed by atoms with E-state index in [2.05, 4.69) is 0 Å². The first-order valence-electron chi connectivity index (χ1n) is 4.95. The number of hydrogen-bond acceptors (Lipinski definition) is 3. The molecule has 2 N–H and O–H groups in total. The number of nitrogens with two attached hydrogens (primary N) is 1. The van der Waals surface area contributed by atoms with E-state index < -0.39 is 0 Å². The number of carbonyl (C=O) groups is 1. The summed E-state index contributed by atoms with van der Waals surface area (Å²) in [6.07, 6.45) is 4.19. The summed E-state index contributed by atoms with van der Waals surface area (Å²) in [5.41, 5.74) is 0. The van der Waals surface area contributed by atoms with Crippen molar-refractivity contribution in [2.45, 2.75) is 31.8 Å². The highest BCUT2D eigenvalue weighted by Gasteiger charge is 2.35. The molecule has 13 heavy (non-hydrogen) atoms. The summed E-state index contributed by atoms with van der Waals surface area (Å²) in [6.45, 7) is 1.57. The molecule has 1 aliphatic carbocycles. The third-order valence-corrected chi connectivity index (χ3v) is 2.81. The van der Waals surface area contributed by atoms with Crippen molar-refractivity contribution in [3.63, 3.8) is 0 Å². The number of rotatable bonds is 2. The molecule has 1 saturated heterocycles. The molecule has 0 aromatic rings. The van der Waals surface area contributed by atoms with Crippen molar-refractivity contribution in [1.29, 1.82) is 0 Å². The maximum absolute atomic E-state index is 11.7. The molecule has 1 aliphatic heterocycles. The van der Waals surface area contributed by atoms with Crippen LogP contribution in [0.4, 0.5) is 0 Å². The molecular formula is C9H16N2O2. The van der Waals surface area contributed by atoms with Crippen molar-refractivity contribution in [2.75, 3.05) is 13.1 Å². The molecule has 1 heterocycles. The molecule has 0 aromatic carbocycles. The van der Waals surface area contributed by atoms with Gasteiger partial charge in [0.05, 0.1) is 6.10 Å². The van der Waals surface area contributed by atoms with Crippen molar-refractivity contribution in [1.82, 2.24) is 4.90 Å². The Balaban J connectivity index is 1.87. The molecule has 74 valence electrons. The smallest absolute Gasteiger partial charge is 0.225 e. The van der Waals surface area contributed by atoms with Gasteiger partial charge in [-0.2, -0.15) is 0 Å².